The Morgan fingerprint density at radius 1 is 1.12 bits per heavy atom. The predicted molar refractivity (Wildman–Crippen MR) is 132 cm³/mol. The second-order valence-electron chi connectivity index (χ2n) is 8.65. The van der Waals surface area contributed by atoms with Crippen LogP contribution in [0.5, 0.6) is 5.75 Å². The summed E-state index contributed by atoms with van der Waals surface area (Å²) in [5.41, 5.74) is 5.56. The molecule has 9 nitrogen and oxygen atoms in total. The van der Waals surface area contributed by atoms with Crippen LogP contribution < -0.4 is 26.4 Å². The van der Waals surface area contributed by atoms with Crippen molar-refractivity contribution in [2.24, 2.45) is 11.7 Å². The van der Waals surface area contributed by atoms with Crippen molar-refractivity contribution in [1.29, 1.82) is 0 Å². The van der Waals surface area contributed by atoms with Crippen molar-refractivity contribution in [3.05, 3.63) is 29.8 Å². The number of carbonyl (C=O) groups is 2. The molecule has 0 aromatic heterocycles. The average molecular weight is 477 g/mol. The first-order valence-corrected chi connectivity index (χ1v) is 11.6. The third-order valence-electron chi connectivity index (χ3n) is 4.24. The summed E-state index contributed by atoms with van der Waals surface area (Å²) in [5.74, 6) is 6.21. The molecule has 9 heteroatoms. The summed E-state index contributed by atoms with van der Waals surface area (Å²) < 4.78 is 16.6. The summed E-state index contributed by atoms with van der Waals surface area (Å²) in [5, 5.41) is 8.77. The fraction of sp³-hybridized carbons (Fsp3) is 0.600. The van der Waals surface area contributed by atoms with Crippen molar-refractivity contribution >= 4 is 11.8 Å². The van der Waals surface area contributed by atoms with E-state index in [1.165, 1.54) is 0 Å². The molecular weight excluding hydrogens is 436 g/mol. The van der Waals surface area contributed by atoms with E-state index in [1.807, 2.05) is 13.8 Å². The maximum atomic E-state index is 12.3. The van der Waals surface area contributed by atoms with Gasteiger partial charge in [0, 0.05) is 30.6 Å². The minimum Gasteiger partial charge on any atom is -0.489 e. The van der Waals surface area contributed by atoms with Gasteiger partial charge in [-0.25, -0.2) is 0 Å². The molecule has 1 atom stereocenters. The van der Waals surface area contributed by atoms with E-state index in [2.05, 4.69) is 41.6 Å². The molecule has 0 aliphatic carbocycles. The van der Waals surface area contributed by atoms with Gasteiger partial charge >= 0.3 is 0 Å². The van der Waals surface area contributed by atoms with Crippen LogP contribution in [0.4, 0.5) is 0 Å². The van der Waals surface area contributed by atoms with Crippen LogP contribution in [0.3, 0.4) is 0 Å². The monoisotopic (exact) mass is 476 g/mol. The van der Waals surface area contributed by atoms with Crippen LogP contribution >= 0.6 is 0 Å². The lowest BCUT2D eigenvalue weighted by atomic mass is 10.2. The van der Waals surface area contributed by atoms with E-state index in [0.29, 0.717) is 37.0 Å². The Bertz CT molecular complexity index is 815. The van der Waals surface area contributed by atoms with Gasteiger partial charge < -0.3 is 35.9 Å². The Kier molecular flexibility index (Phi) is 13.9. The van der Waals surface area contributed by atoms with Gasteiger partial charge in [-0.2, -0.15) is 0 Å². The fourth-order valence-electron chi connectivity index (χ4n) is 2.58. The molecule has 0 bridgehead atoms. The molecule has 5 N–H and O–H groups in total. The topological polar surface area (TPSA) is 124 Å². The predicted octanol–water partition coefficient (Wildman–Crippen LogP) is 1.28. The third kappa shape index (κ3) is 14.5. The van der Waals surface area contributed by atoms with Crippen molar-refractivity contribution in [3.63, 3.8) is 0 Å². The van der Waals surface area contributed by atoms with Crippen molar-refractivity contribution in [1.82, 2.24) is 16.0 Å². The molecule has 0 saturated heterocycles. The zero-order valence-corrected chi connectivity index (χ0v) is 21.0. The summed E-state index contributed by atoms with van der Waals surface area (Å²) in [6.45, 7) is 11.7. The van der Waals surface area contributed by atoms with Gasteiger partial charge in [0.05, 0.1) is 19.8 Å². The van der Waals surface area contributed by atoms with Gasteiger partial charge in [0.25, 0.3) is 5.91 Å². The molecule has 0 fully saturated rings. The Hall–Kier alpha value is -2.64. The SMILES string of the molecule is CC(C)C#CCNC(=O)COCCOC(C)(N)COc1cccc(C(=O)NCCNC(C)C)c1. The lowest BCUT2D eigenvalue weighted by Gasteiger charge is -2.25. The molecule has 2 amide bonds. The minimum atomic E-state index is -1.07. The van der Waals surface area contributed by atoms with Crippen LogP contribution in [0.25, 0.3) is 0 Å². The van der Waals surface area contributed by atoms with Gasteiger partial charge in [0.1, 0.15) is 24.7 Å². The number of rotatable bonds is 15. The van der Waals surface area contributed by atoms with E-state index in [9.17, 15) is 9.59 Å². The van der Waals surface area contributed by atoms with Crippen LogP contribution in [0.15, 0.2) is 24.3 Å². The van der Waals surface area contributed by atoms with E-state index >= 15 is 0 Å². The molecule has 0 heterocycles. The molecule has 0 spiro atoms. The standard InChI is InChI=1S/C25H40N4O5/c1-19(2)8-7-11-28-23(30)17-32-14-15-34-25(5,26)18-33-22-10-6-9-21(16-22)24(31)29-13-12-27-20(3)4/h6,9-10,16,19-20,27H,11-15,17-18,26H2,1-5H3,(H,28,30)(H,29,31). The van der Waals surface area contributed by atoms with Gasteiger partial charge in [-0.1, -0.05) is 45.6 Å². The molecule has 0 saturated carbocycles. The first-order valence-electron chi connectivity index (χ1n) is 11.6. The van der Waals surface area contributed by atoms with Crippen molar-refractivity contribution in [3.8, 4) is 17.6 Å². The smallest absolute Gasteiger partial charge is 0.251 e. The average Bonchev–Trinajstić information content (AvgIpc) is 2.78. The maximum Gasteiger partial charge on any atom is 0.251 e. The maximum absolute atomic E-state index is 12.3. The molecule has 1 aromatic carbocycles. The van der Waals surface area contributed by atoms with E-state index in [4.69, 9.17) is 19.9 Å². The summed E-state index contributed by atoms with van der Waals surface area (Å²) in [4.78, 5) is 24.0. The lowest BCUT2D eigenvalue weighted by molar-refractivity contribution is -0.127. The molecule has 0 radical (unpaired) electrons. The normalized spacial score (nSPS) is 12.6. The van der Waals surface area contributed by atoms with E-state index < -0.39 is 5.72 Å². The number of benzene rings is 1. The minimum absolute atomic E-state index is 0.0748. The second-order valence-corrected chi connectivity index (χ2v) is 8.65. The molecule has 34 heavy (non-hydrogen) atoms. The molecule has 1 aromatic rings. The summed E-state index contributed by atoms with van der Waals surface area (Å²) in [7, 11) is 0. The molecular formula is C25H40N4O5. The number of hydrogen-bond donors (Lipinski definition) is 4. The van der Waals surface area contributed by atoms with Crippen LogP contribution in [-0.4, -0.2) is 69.6 Å². The van der Waals surface area contributed by atoms with Crippen LogP contribution in [-0.2, 0) is 14.3 Å². The zero-order valence-electron chi connectivity index (χ0n) is 21.0. The number of nitrogens with one attached hydrogen (secondary N) is 3. The number of amides is 2. The Morgan fingerprint density at radius 2 is 1.88 bits per heavy atom. The van der Waals surface area contributed by atoms with Crippen molar-refractivity contribution in [2.45, 2.75) is 46.4 Å². The zero-order chi connectivity index (χ0) is 25.4. The van der Waals surface area contributed by atoms with Gasteiger partial charge in [-0.3, -0.25) is 9.59 Å². The third-order valence-corrected chi connectivity index (χ3v) is 4.24. The largest absolute Gasteiger partial charge is 0.489 e. The molecule has 1 unspecified atom stereocenters. The Morgan fingerprint density at radius 3 is 2.59 bits per heavy atom. The first-order chi connectivity index (χ1) is 16.1. The van der Waals surface area contributed by atoms with Crippen molar-refractivity contribution < 1.29 is 23.8 Å². The second kappa shape index (κ2) is 16.1. The molecule has 1 rings (SSSR count). The molecule has 0 aliphatic heterocycles. The van der Waals surface area contributed by atoms with E-state index in [0.717, 1.165) is 0 Å². The van der Waals surface area contributed by atoms with Crippen molar-refractivity contribution in [2.75, 3.05) is 46.1 Å². The van der Waals surface area contributed by atoms with Gasteiger partial charge in [-0.05, 0) is 25.1 Å². The van der Waals surface area contributed by atoms with Crippen LogP contribution in [0.2, 0.25) is 0 Å². The molecule has 190 valence electrons. The van der Waals surface area contributed by atoms with Gasteiger partial charge in [0.15, 0.2) is 0 Å². The highest BCUT2D eigenvalue weighted by Gasteiger charge is 2.20. The summed E-state index contributed by atoms with van der Waals surface area (Å²) in [6, 6.07) is 7.25. The fourth-order valence-corrected chi connectivity index (χ4v) is 2.58. The van der Waals surface area contributed by atoms with E-state index in [1.54, 1.807) is 31.2 Å². The van der Waals surface area contributed by atoms with Crippen LogP contribution in [0.1, 0.15) is 45.0 Å². The lowest BCUT2D eigenvalue weighted by Crippen LogP contribution is -2.46. The Balaban J connectivity index is 2.29. The quantitative estimate of drug-likeness (QED) is 0.171. The van der Waals surface area contributed by atoms with Gasteiger partial charge in [0.2, 0.25) is 5.91 Å². The van der Waals surface area contributed by atoms with Gasteiger partial charge in [-0.15, -0.1) is 0 Å². The summed E-state index contributed by atoms with van der Waals surface area (Å²) >= 11 is 0. The summed E-state index contributed by atoms with van der Waals surface area (Å²) in [6.07, 6.45) is 0. The number of ether oxygens (including phenoxy) is 3. The van der Waals surface area contributed by atoms with Crippen LogP contribution in [0, 0.1) is 17.8 Å². The van der Waals surface area contributed by atoms with E-state index in [-0.39, 0.29) is 44.2 Å². The number of carbonyl (C=O) groups excluding carboxylic acids is 2. The Labute approximate surface area is 203 Å². The highest BCUT2D eigenvalue weighted by atomic mass is 16.6. The number of hydrogen-bond acceptors (Lipinski definition) is 7. The molecule has 0 aliphatic rings. The number of nitrogens with two attached hydrogens (primary N) is 1. The highest BCUT2D eigenvalue weighted by Crippen LogP contribution is 2.15. The first kappa shape index (κ1) is 29.4. The highest BCUT2D eigenvalue weighted by molar-refractivity contribution is 5.94.